The lowest BCUT2D eigenvalue weighted by atomic mass is 9.96. The van der Waals surface area contributed by atoms with Gasteiger partial charge in [-0.2, -0.15) is 13.2 Å². The molecule has 1 atom stereocenters. The van der Waals surface area contributed by atoms with Crippen molar-refractivity contribution in [3.8, 4) is 5.75 Å². The summed E-state index contributed by atoms with van der Waals surface area (Å²) in [7, 11) is 1.25. The highest BCUT2D eigenvalue weighted by molar-refractivity contribution is 5.77. The Labute approximate surface area is 101 Å². The summed E-state index contributed by atoms with van der Waals surface area (Å²) in [6.07, 6.45) is -4.54. The average molecular weight is 263 g/mol. The maximum absolute atomic E-state index is 12.6. The Morgan fingerprint density at radius 3 is 2.50 bits per heavy atom. The third-order valence-corrected chi connectivity index (χ3v) is 2.47. The molecule has 0 saturated heterocycles. The summed E-state index contributed by atoms with van der Waals surface area (Å²) in [4.78, 5) is 10.9. The predicted molar refractivity (Wildman–Crippen MR) is 57.4 cm³/mol. The van der Waals surface area contributed by atoms with Gasteiger partial charge in [-0.25, -0.2) is 0 Å². The van der Waals surface area contributed by atoms with Gasteiger partial charge in [0, 0.05) is 12.1 Å². The van der Waals surface area contributed by atoms with Crippen molar-refractivity contribution in [2.24, 2.45) is 5.73 Å². The summed E-state index contributed by atoms with van der Waals surface area (Å²) in [5, 5.41) is 8.92. The number of methoxy groups -OCH3 is 1. The summed E-state index contributed by atoms with van der Waals surface area (Å²) in [5.74, 6) is -2.46. The summed E-state index contributed by atoms with van der Waals surface area (Å²) in [6.45, 7) is -0.312. The van der Waals surface area contributed by atoms with Crippen LogP contribution in [0.2, 0.25) is 0 Å². The number of carboxylic acids is 1. The van der Waals surface area contributed by atoms with E-state index in [0.29, 0.717) is 0 Å². The van der Waals surface area contributed by atoms with Gasteiger partial charge in [-0.1, -0.05) is 0 Å². The zero-order valence-electron chi connectivity index (χ0n) is 9.49. The van der Waals surface area contributed by atoms with Crippen LogP contribution in [0.3, 0.4) is 0 Å². The maximum Gasteiger partial charge on any atom is 0.416 e. The molecule has 100 valence electrons. The molecule has 0 amide bonds. The molecule has 0 heterocycles. The van der Waals surface area contributed by atoms with E-state index in [1.54, 1.807) is 0 Å². The van der Waals surface area contributed by atoms with Gasteiger partial charge in [0.25, 0.3) is 0 Å². The highest BCUT2D eigenvalue weighted by atomic mass is 19.4. The van der Waals surface area contributed by atoms with Gasteiger partial charge in [-0.3, -0.25) is 4.79 Å². The number of rotatable bonds is 4. The van der Waals surface area contributed by atoms with Crippen LogP contribution in [0.1, 0.15) is 17.0 Å². The number of ether oxygens (including phenoxy) is 1. The van der Waals surface area contributed by atoms with E-state index in [2.05, 4.69) is 0 Å². The van der Waals surface area contributed by atoms with E-state index in [9.17, 15) is 18.0 Å². The third kappa shape index (κ3) is 2.92. The summed E-state index contributed by atoms with van der Waals surface area (Å²) in [6, 6.07) is 2.67. The second kappa shape index (κ2) is 5.26. The molecule has 1 rings (SSSR count). The Balaban J connectivity index is 3.34. The lowest BCUT2D eigenvalue weighted by Crippen LogP contribution is -2.22. The van der Waals surface area contributed by atoms with Gasteiger partial charge >= 0.3 is 12.1 Å². The largest absolute Gasteiger partial charge is 0.496 e. The van der Waals surface area contributed by atoms with Gasteiger partial charge in [-0.05, 0) is 18.2 Å². The highest BCUT2D eigenvalue weighted by Gasteiger charge is 2.33. The van der Waals surface area contributed by atoms with Gasteiger partial charge in [0.2, 0.25) is 0 Å². The lowest BCUT2D eigenvalue weighted by Gasteiger charge is -2.16. The van der Waals surface area contributed by atoms with Crippen LogP contribution in [0.4, 0.5) is 13.2 Å². The van der Waals surface area contributed by atoms with E-state index in [1.165, 1.54) is 7.11 Å². The number of hydrogen-bond acceptors (Lipinski definition) is 3. The monoisotopic (exact) mass is 263 g/mol. The van der Waals surface area contributed by atoms with Crippen LogP contribution in [-0.4, -0.2) is 24.7 Å². The van der Waals surface area contributed by atoms with Crippen LogP contribution >= 0.6 is 0 Å². The van der Waals surface area contributed by atoms with Gasteiger partial charge in [0.05, 0.1) is 18.6 Å². The summed E-state index contributed by atoms with van der Waals surface area (Å²) in [5.41, 5.74) is 4.26. The lowest BCUT2D eigenvalue weighted by molar-refractivity contribution is -0.140. The number of halogens is 3. The molecule has 0 fully saturated rings. The minimum absolute atomic E-state index is 0.0702. The molecule has 1 aromatic rings. The molecule has 0 aromatic heterocycles. The molecule has 0 bridgehead atoms. The van der Waals surface area contributed by atoms with Crippen LogP contribution in [0.25, 0.3) is 0 Å². The zero-order valence-corrected chi connectivity index (χ0v) is 9.49. The molecule has 0 aliphatic rings. The molecule has 18 heavy (non-hydrogen) atoms. The molecular formula is C11H12F3NO3. The van der Waals surface area contributed by atoms with Gasteiger partial charge in [0.1, 0.15) is 5.75 Å². The first-order valence-electron chi connectivity index (χ1n) is 4.99. The fourth-order valence-electron chi connectivity index (χ4n) is 1.54. The third-order valence-electron chi connectivity index (χ3n) is 2.47. The normalized spacial score (nSPS) is 13.2. The number of carboxylic acid groups (broad SMARTS) is 1. The quantitative estimate of drug-likeness (QED) is 0.869. The molecule has 1 unspecified atom stereocenters. The summed E-state index contributed by atoms with van der Waals surface area (Å²) >= 11 is 0. The van der Waals surface area contributed by atoms with Crippen molar-refractivity contribution < 1.29 is 27.8 Å². The van der Waals surface area contributed by atoms with Gasteiger partial charge in [0.15, 0.2) is 0 Å². The van der Waals surface area contributed by atoms with Crippen molar-refractivity contribution in [3.05, 3.63) is 29.3 Å². The van der Waals surface area contributed by atoms with E-state index < -0.39 is 23.6 Å². The molecule has 0 aliphatic heterocycles. The van der Waals surface area contributed by atoms with Crippen LogP contribution in [-0.2, 0) is 11.0 Å². The molecule has 0 aliphatic carbocycles. The van der Waals surface area contributed by atoms with Crippen molar-refractivity contribution in [1.82, 2.24) is 0 Å². The number of nitrogens with two attached hydrogens (primary N) is 1. The molecule has 3 N–H and O–H groups in total. The first-order valence-corrected chi connectivity index (χ1v) is 4.99. The van der Waals surface area contributed by atoms with Crippen LogP contribution in [0.5, 0.6) is 5.75 Å². The molecule has 0 spiro atoms. The van der Waals surface area contributed by atoms with Crippen molar-refractivity contribution >= 4 is 5.97 Å². The first kappa shape index (κ1) is 14.3. The molecule has 0 saturated carbocycles. The van der Waals surface area contributed by atoms with E-state index in [4.69, 9.17) is 15.6 Å². The second-order valence-corrected chi connectivity index (χ2v) is 3.58. The topological polar surface area (TPSA) is 72.5 Å². The van der Waals surface area contributed by atoms with Gasteiger partial charge in [-0.15, -0.1) is 0 Å². The Morgan fingerprint density at radius 2 is 2.11 bits per heavy atom. The Morgan fingerprint density at radius 1 is 1.50 bits per heavy atom. The second-order valence-electron chi connectivity index (χ2n) is 3.58. The van der Waals surface area contributed by atoms with Crippen molar-refractivity contribution in [3.63, 3.8) is 0 Å². The standard InChI is InChI=1S/C11H12F3NO3/c1-18-9-3-2-6(11(12,13)14)4-7(9)8(5-15)10(16)17/h2-4,8H,5,15H2,1H3,(H,16,17). The fraction of sp³-hybridized carbons (Fsp3) is 0.364. The number of benzene rings is 1. The van der Waals surface area contributed by atoms with Crippen molar-refractivity contribution in [2.75, 3.05) is 13.7 Å². The average Bonchev–Trinajstić information content (AvgIpc) is 2.28. The van der Waals surface area contributed by atoms with Crippen molar-refractivity contribution in [1.29, 1.82) is 0 Å². The Hall–Kier alpha value is -1.76. The SMILES string of the molecule is COc1ccc(C(F)(F)F)cc1C(CN)C(=O)O. The smallest absolute Gasteiger partial charge is 0.416 e. The van der Waals surface area contributed by atoms with E-state index in [1.807, 2.05) is 0 Å². The van der Waals surface area contributed by atoms with Crippen LogP contribution < -0.4 is 10.5 Å². The fourth-order valence-corrected chi connectivity index (χ4v) is 1.54. The highest BCUT2D eigenvalue weighted by Crippen LogP contribution is 2.35. The first-order chi connectivity index (χ1) is 8.31. The minimum atomic E-state index is -4.54. The van der Waals surface area contributed by atoms with Crippen LogP contribution in [0.15, 0.2) is 18.2 Å². The molecule has 4 nitrogen and oxygen atoms in total. The minimum Gasteiger partial charge on any atom is -0.496 e. The molecule has 0 radical (unpaired) electrons. The maximum atomic E-state index is 12.6. The molecule has 7 heteroatoms. The van der Waals surface area contributed by atoms with Crippen molar-refractivity contribution in [2.45, 2.75) is 12.1 Å². The Kier molecular flexibility index (Phi) is 4.18. The van der Waals surface area contributed by atoms with Gasteiger partial charge < -0.3 is 15.6 Å². The number of carbonyl (C=O) groups is 1. The van der Waals surface area contributed by atoms with Crippen LogP contribution in [0, 0.1) is 0 Å². The predicted octanol–water partition coefficient (Wildman–Crippen LogP) is 1.84. The number of aliphatic carboxylic acids is 1. The van der Waals surface area contributed by atoms with E-state index in [-0.39, 0.29) is 17.9 Å². The summed E-state index contributed by atoms with van der Waals surface area (Å²) < 4.78 is 42.5. The molecular weight excluding hydrogens is 251 g/mol. The Bertz CT molecular complexity index is 446. The van der Waals surface area contributed by atoms with E-state index in [0.717, 1.165) is 18.2 Å². The number of alkyl halides is 3. The van der Waals surface area contributed by atoms with E-state index >= 15 is 0 Å². The zero-order chi connectivity index (χ0) is 13.9. The molecule has 1 aromatic carbocycles. The number of hydrogen-bond donors (Lipinski definition) is 2.